The first-order chi connectivity index (χ1) is 21.8. The Bertz CT molecular complexity index is 1660. The van der Waals surface area contributed by atoms with Gasteiger partial charge in [-0.15, -0.1) is 0 Å². The SMILES string of the molecule is CCCN(C(=O)NCc1ccccc1)N1CC(=O)N2[C@@H](Cc3ccccc3)C(=O)N(Cc3cccc4sc(N(C)C)nc34)C[C@@H]21. The second kappa shape index (κ2) is 13.3. The molecular formula is C34H39N7O3S. The van der Waals surface area contributed by atoms with Crippen LogP contribution in [0.2, 0.25) is 0 Å². The molecule has 0 saturated carbocycles. The number of amides is 4. The number of nitrogens with one attached hydrogen (secondary N) is 1. The lowest BCUT2D eigenvalue weighted by Crippen LogP contribution is -2.66. The molecule has 0 aliphatic carbocycles. The summed E-state index contributed by atoms with van der Waals surface area (Å²) in [7, 11) is 3.94. The van der Waals surface area contributed by atoms with Gasteiger partial charge in [0.05, 0.1) is 23.3 Å². The quantitative estimate of drug-likeness (QED) is 0.282. The summed E-state index contributed by atoms with van der Waals surface area (Å²) >= 11 is 1.62. The average Bonchev–Trinajstić information content (AvgIpc) is 3.63. The molecule has 45 heavy (non-hydrogen) atoms. The number of aromatic nitrogens is 1. The van der Waals surface area contributed by atoms with Gasteiger partial charge >= 0.3 is 6.03 Å². The fraction of sp³-hybridized carbons (Fsp3) is 0.353. The molecule has 2 atom stereocenters. The van der Waals surface area contributed by atoms with Crippen LogP contribution in [0.5, 0.6) is 0 Å². The molecule has 0 bridgehead atoms. The zero-order valence-corrected chi connectivity index (χ0v) is 26.7. The van der Waals surface area contributed by atoms with Gasteiger partial charge in [-0.2, -0.15) is 5.01 Å². The summed E-state index contributed by atoms with van der Waals surface area (Å²) in [5.74, 6) is -0.246. The number of urea groups is 1. The van der Waals surface area contributed by atoms with E-state index in [-0.39, 0.29) is 30.9 Å². The lowest BCUT2D eigenvalue weighted by atomic mass is 10.00. The van der Waals surface area contributed by atoms with Gasteiger partial charge in [0.15, 0.2) is 5.13 Å². The number of benzene rings is 3. The molecule has 4 amide bonds. The van der Waals surface area contributed by atoms with Crippen LogP contribution in [0.1, 0.15) is 30.0 Å². The van der Waals surface area contributed by atoms with Gasteiger partial charge in [-0.25, -0.2) is 9.78 Å². The molecule has 2 aliphatic rings. The van der Waals surface area contributed by atoms with E-state index in [2.05, 4.69) is 11.4 Å². The Balaban J connectivity index is 1.31. The summed E-state index contributed by atoms with van der Waals surface area (Å²) < 4.78 is 1.06. The van der Waals surface area contributed by atoms with Crippen LogP contribution >= 0.6 is 11.3 Å². The number of anilines is 1. The van der Waals surface area contributed by atoms with E-state index in [1.165, 1.54) is 0 Å². The van der Waals surface area contributed by atoms with Crippen molar-refractivity contribution in [3.8, 4) is 0 Å². The van der Waals surface area contributed by atoms with Crippen LogP contribution in [0.4, 0.5) is 9.93 Å². The minimum Gasteiger partial charge on any atom is -0.354 e. The summed E-state index contributed by atoms with van der Waals surface area (Å²) in [4.78, 5) is 52.0. The Morgan fingerprint density at radius 2 is 1.69 bits per heavy atom. The first kappa shape index (κ1) is 30.5. The first-order valence-electron chi connectivity index (χ1n) is 15.4. The Hall–Kier alpha value is -4.48. The first-order valence-corrected chi connectivity index (χ1v) is 16.2. The molecular weight excluding hydrogens is 586 g/mol. The zero-order valence-electron chi connectivity index (χ0n) is 25.9. The van der Waals surface area contributed by atoms with Crippen molar-refractivity contribution >= 4 is 44.5 Å². The van der Waals surface area contributed by atoms with Gasteiger partial charge < -0.3 is 20.0 Å². The fourth-order valence-electron chi connectivity index (χ4n) is 6.17. The van der Waals surface area contributed by atoms with Crippen LogP contribution in [0.15, 0.2) is 78.9 Å². The number of para-hydroxylation sites is 1. The number of rotatable bonds is 10. The van der Waals surface area contributed by atoms with Gasteiger partial charge in [0.2, 0.25) is 11.8 Å². The van der Waals surface area contributed by atoms with Gasteiger partial charge in [-0.05, 0) is 29.2 Å². The summed E-state index contributed by atoms with van der Waals surface area (Å²) in [6.07, 6.45) is 0.628. The summed E-state index contributed by atoms with van der Waals surface area (Å²) in [5, 5.41) is 7.45. The summed E-state index contributed by atoms with van der Waals surface area (Å²) in [5.41, 5.74) is 3.81. The van der Waals surface area contributed by atoms with Crippen LogP contribution in [0.25, 0.3) is 10.2 Å². The van der Waals surface area contributed by atoms with Crippen molar-refractivity contribution in [1.82, 2.24) is 30.1 Å². The van der Waals surface area contributed by atoms with Gasteiger partial charge in [0.25, 0.3) is 0 Å². The predicted octanol–water partition coefficient (Wildman–Crippen LogP) is 4.32. The molecule has 1 N–H and O–H groups in total. The van der Waals surface area contributed by atoms with E-state index in [9.17, 15) is 14.4 Å². The second-order valence-corrected chi connectivity index (χ2v) is 12.7. The number of carbonyl (C=O) groups excluding carboxylic acids is 3. The highest BCUT2D eigenvalue weighted by Gasteiger charge is 2.52. The smallest absolute Gasteiger partial charge is 0.332 e. The van der Waals surface area contributed by atoms with Crippen LogP contribution in [0.3, 0.4) is 0 Å². The molecule has 2 aliphatic heterocycles. The highest BCUT2D eigenvalue weighted by atomic mass is 32.1. The van der Waals surface area contributed by atoms with Crippen molar-refractivity contribution in [1.29, 1.82) is 0 Å². The van der Waals surface area contributed by atoms with Gasteiger partial charge in [0, 0.05) is 40.2 Å². The molecule has 2 saturated heterocycles. The maximum absolute atomic E-state index is 14.3. The van der Waals surface area contributed by atoms with E-state index in [1.54, 1.807) is 21.2 Å². The number of carbonyl (C=O) groups is 3. The van der Waals surface area contributed by atoms with Crippen LogP contribution < -0.4 is 10.2 Å². The van der Waals surface area contributed by atoms with Crippen molar-refractivity contribution in [2.75, 3.05) is 38.6 Å². The van der Waals surface area contributed by atoms with Crippen molar-refractivity contribution in [3.05, 3.63) is 95.6 Å². The fourth-order valence-corrected chi connectivity index (χ4v) is 7.11. The number of thiazole rings is 1. The van der Waals surface area contributed by atoms with Gasteiger partial charge in [-0.1, -0.05) is 91.1 Å². The molecule has 0 radical (unpaired) electrons. The molecule has 0 spiro atoms. The van der Waals surface area contributed by atoms with Crippen molar-refractivity contribution in [2.45, 2.75) is 45.1 Å². The third-order valence-electron chi connectivity index (χ3n) is 8.34. The van der Waals surface area contributed by atoms with E-state index < -0.39 is 12.2 Å². The second-order valence-electron chi connectivity index (χ2n) is 11.7. The summed E-state index contributed by atoms with van der Waals surface area (Å²) in [6, 6.07) is 24.7. The molecule has 0 unspecified atom stereocenters. The number of hydrogen-bond acceptors (Lipinski definition) is 7. The molecule has 1 aromatic heterocycles. The van der Waals surface area contributed by atoms with Crippen molar-refractivity contribution in [3.63, 3.8) is 0 Å². The Morgan fingerprint density at radius 3 is 2.38 bits per heavy atom. The monoisotopic (exact) mass is 625 g/mol. The van der Waals surface area contributed by atoms with E-state index >= 15 is 0 Å². The van der Waals surface area contributed by atoms with E-state index in [0.29, 0.717) is 32.5 Å². The van der Waals surface area contributed by atoms with E-state index in [1.807, 2.05) is 109 Å². The molecule has 10 nitrogen and oxygen atoms in total. The molecule has 2 fully saturated rings. The Kier molecular flexibility index (Phi) is 8.99. The summed E-state index contributed by atoms with van der Waals surface area (Å²) in [6.45, 7) is 3.51. The minimum absolute atomic E-state index is 0.0314. The normalized spacial score (nSPS) is 18.4. The zero-order chi connectivity index (χ0) is 31.5. The number of hydrazine groups is 1. The van der Waals surface area contributed by atoms with Crippen molar-refractivity contribution in [2.24, 2.45) is 0 Å². The molecule has 234 valence electrons. The number of fused-ring (bicyclic) bond motifs is 2. The third-order valence-corrected chi connectivity index (χ3v) is 9.53. The molecule has 4 aromatic rings. The van der Waals surface area contributed by atoms with E-state index in [0.717, 1.165) is 32.0 Å². The number of piperazine rings is 1. The molecule has 3 heterocycles. The van der Waals surface area contributed by atoms with Gasteiger partial charge in [-0.3, -0.25) is 14.6 Å². The van der Waals surface area contributed by atoms with Crippen LogP contribution in [-0.2, 0) is 29.1 Å². The topological polar surface area (TPSA) is 92.3 Å². The third kappa shape index (κ3) is 6.36. The minimum atomic E-state index is -0.688. The maximum Gasteiger partial charge on any atom is 0.332 e. The Labute approximate surface area is 267 Å². The maximum atomic E-state index is 14.3. The number of nitrogens with zero attached hydrogens (tertiary/aromatic N) is 6. The standard InChI is InChI=1S/C34H39N7O3S/c1-4-18-39(33(44)35-20-25-14-9-6-10-15-25)40-23-30(42)41-27(19-24-12-7-5-8-13-24)32(43)38(22-29(40)41)21-26-16-11-17-28-31(26)36-34(45-28)37(2)3/h5-17,27,29H,4,18-23H2,1-3H3,(H,35,44)/t27-,29+/m0/s1. The lowest BCUT2D eigenvalue weighted by molar-refractivity contribution is -0.157. The van der Waals surface area contributed by atoms with Gasteiger partial charge in [0.1, 0.15) is 12.2 Å². The number of hydrogen-bond donors (Lipinski definition) is 1. The highest BCUT2D eigenvalue weighted by molar-refractivity contribution is 7.22. The Morgan fingerprint density at radius 1 is 0.978 bits per heavy atom. The van der Waals surface area contributed by atoms with Crippen LogP contribution in [0, 0.1) is 0 Å². The lowest BCUT2D eigenvalue weighted by Gasteiger charge is -2.46. The van der Waals surface area contributed by atoms with Crippen molar-refractivity contribution < 1.29 is 14.4 Å². The van der Waals surface area contributed by atoms with E-state index in [4.69, 9.17) is 4.98 Å². The highest BCUT2D eigenvalue weighted by Crippen LogP contribution is 2.33. The molecule has 6 rings (SSSR count). The average molecular weight is 626 g/mol. The predicted molar refractivity (Wildman–Crippen MR) is 176 cm³/mol. The molecule has 3 aromatic carbocycles. The molecule has 11 heteroatoms. The van der Waals surface area contributed by atoms with Crippen LogP contribution in [-0.4, -0.2) is 88.6 Å². The largest absolute Gasteiger partial charge is 0.354 e.